The number of hydrogen-bond donors (Lipinski definition) is 0. The van der Waals surface area contributed by atoms with E-state index in [2.05, 4.69) is 0 Å². The molecule has 86 valence electrons. The zero-order valence-electron chi connectivity index (χ0n) is 7.55. The summed E-state index contributed by atoms with van der Waals surface area (Å²) in [5.74, 6) is -3.68. The van der Waals surface area contributed by atoms with Crippen LogP contribution < -0.4 is 0 Å². The van der Waals surface area contributed by atoms with Crippen LogP contribution in [0.25, 0.3) is 0 Å². The fourth-order valence-electron chi connectivity index (χ4n) is 0.930. The van der Waals surface area contributed by atoms with Crippen molar-refractivity contribution in [2.75, 3.05) is 0 Å². The maximum Gasteiger partial charge on any atom is 0.446 e. The monoisotopic (exact) mass is 253 g/mol. The Bertz CT molecular complexity index is 403. The Morgan fingerprint density at radius 2 is 1.50 bits per heavy atom. The molecule has 0 amide bonds. The van der Waals surface area contributed by atoms with E-state index in [0.717, 1.165) is 30.3 Å². The van der Waals surface area contributed by atoms with Crippen molar-refractivity contribution in [3.8, 4) is 6.07 Å². The van der Waals surface area contributed by atoms with E-state index in [4.69, 9.17) is 5.26 Å². The van der Waals surface area contributed by atoms with Crippen LogP contribution in [0.2, 0.25) is 0 Å². The van der Waals surface area contributed by atoms with Gasteiger partial charge in [-0.2, -0.15) is 27.2 Å². The Morgan fingerprint density at radius 3 is 1.88 bits per heavy atom. The lowest BCUT2D eigenvalue weighted by atomic mass is 10.1. The average molecular weight is 253 g/mol. The van der Waals surface area contributed by atoms with Gasteiger partial charge in [-0.15, -0.1) is 0 Å². The Morgan fingerprint density at radius 1 is 1.00 bits per heavy atom. The molecule has 0 aromatic heterocycles. The summed E-state index contributed by atoms with van der Waals surface area (Å²) < 4.78 is 61.2. The Kier molecular flexibility index (Phi) is 3.43. The van der Waals surface area contributed by atoms with E-state index in [0.29, 0.717) is 0 Å². The minimum Gasteiger partial charge on any atom is -0.191 e. The van der Waals surface area contributed by atoms with Crippen molar-refractivity contribution in [1.82, 2.24) is 0 Å². The summed E-state index contributed by atoms with van der Waals surface area (Å²) in [6.45, 7) is 0. The lowest BCUT2D eigenvalue weighted by molar-refractivity contribution is -0.0328. The number of nitrogens with zero attached hydrogens (tertiary/aromatic N) is 1. The van der Waals surface area contributed by atoms with Crippen molar-refractivity contribution >= 4 is 11.8 Å². The minimum atomic E-state index is -4.46. The molecule has 0 unspecified atom stereocenters. The zero-order chi connectivity index (χ0) is 12.4. The summed E-state index contributed by atoms with van der Waals surface area (Å²) in [7, 11) is 0. The molecule has 0 radical (unpaired) electrons. The zero-order valence-corrected chi connectivity index (χ0v) is 8.37. The number of nitriles is 1. The van der Waals surface area contributed by atoms with Crippen LogP contribution in [0.3, 0.4) is 0 Å². The molecule has 0 atom stereocenters. The van der Waals surface area contributed by atoms with Gasteiger partial charge < -0.3 is 0 Å². The molecule has 0 N–H and O–H groups in total. The third-order valence-electron chi connectivity index (χ3n) is 1.59. The van der Waals surface area contributed by atoms with E-state index in [1.165, 1.54) is 0 Å². The van der Waals surface area contributed by atoms with Gasteiger partial charge in [0.2, 0.25) is 0 Å². The molecule has 1 aromatic carbocycles. The predicted octanol–water partition coefficient (Wildman–Crippen LogP) is 3.91. The van der Waals surface area contributed by atoms with E-state index in [1.54, 1.807) is 0 Å². The number of rotatable bonds is 2. The smallest absolute Gasteiger partial charge is 0.191 e. The molecule has 0 heterocycles. The number of alkyl halides is 5. The Hall–Kier alpha value is -1.29. The van der Waals surface area contributed by atoms with E-state index >= 15 is 0 Å². The largest absolute Gasteiger partial charge is 0.446 e. The van der Waals surface area contributed by atoms with Crippen LogP contribution in [-0.4, -0.2) is 5.51 Å². The van der Waals surface area contributed by atoms with Crippen LogP contribution in [0.1, 0.15) is 5.56 Å². The Labute approximate surface area is 91.9 Å². The SMILES string of the molecule is N#CC(F)(F)c1ccc(SC(F)(F)F)cc1. The quantitative estimate of drug-likeness (QED) is 0.589. The van der Waals surface area contributed by atoms with Gasteiger partial charge in [0.1, 0.15) is 6.07 Å². The molecule has 0 fully saturated rings. The third-order valence-corrected chi connectivity index (χ3v) is 2.33. The summed E-state index contributed by atoms with van der Waals surface area (Å²) in [5, 5.41) is 8.12. The van der Waals surface area contributed by atoms with Gasteiger partial charge in [0.25, 0.3) is 0 Å². The van der Waals surface area contributed by atoms with Crippen molar-refractivity contribution in [1.29, 1.82) is 5.26 Å². The number of thioether (sulfide) groups is 1. The van der Waals surface area contributed by atoms with Crippen molar-refractivity contribution < 1.29 is 22.0 Å². The molecule has 0 saturated carbocycles. The van der Waals surface area contributed by atoms with Crippen molar-refractivity contribution in [2.24, 2.45) is 0 Å². The normalized spacial score (nSPS) is 12.2. The summed E-state index contributed by atoms with van der Waals surface area (Å²) in [5.41, 5.74) is -5.08. The second kappa shape index (κ2) is 4.29. The molecule has 1 aromatic rings. The van der Waals surface area contributed by atoms with Crippen molar-refractivity contribution in [2.45, 2.75) is 16.3 Å². The molecule has 0 aliphatic rings. The lowest BCUT2D eigenvalue weighted by Crippen LogP contribution is -2.09. The highest BCUT2D eigenvalue weighted by molar-refractivity contribution is 8.00. The standard InChI is InChI=1S/C9H4F5NS/c10-8(11,5-15)6-1-3-7(4-2-6)16-9(12,13)14/h1-4H. The summed E-state index contributed by atoms with van der Waals surface area (Å²) in [6.07, 6.45) is 0. The molecule has 0 aliphatic heterocycles. The minimum absolute atomic E-state index is 0.204. The average Bonchev–Trinajstić information content (AvgIpc) is 2.16. The van der Waals surface area contributed by atoms with Gasteiger partial charge in [-0.3, -0.25) is 0 Å². The number of benzene rings is 1. The highest BCUT2D eigenvalue weighted by atomic mass is 32.2. The van der Waals surface area contributed by atoms with Crippen LogP contribution in [0.4, 0.5) is 22.0 Å². The topological polar surface area (TPSA) is 23.8 Å². The van der Waals surface area contributed by atoms with Gasteiger partial charge in [-0.1, -0.05) is 12.1 Å². The molecule has 7 heteroatoms. The Balaban J connectivity index is 2.89. The van der Waals surface area contributed by atoms with Crippen molar-refractivity contribution in [3.63, 3.8) is 0 Å². The summed E-state index contributed by atoms with van der Waals surface area (Å²) in [4.78, 5) is -0.204. The first-order valence-corrected chi connectivity index (χ1v) is 4.71. The summed E-state index contributed by atoms with van der Waals surface area (Å²) >= 11 is -0.400. The number of hydrogen-bond acceptors (Lipinski definition) is 2. The van der Waals surface area contributed by atoms with E-state index < -0.39 is 28.8 Å². The van der Waals surface area contributed by atoms with Crippen molar-refractivity contribution in [3.05, 3.63) is 29.8 Å². The second-order valence-electron chi connectivity index (χ2n) is 2.76. The van der Waals surface area contributed by atoms with Gasteiger partial charge in [0, 0.05) is 10.5 Å². The summed E-state index contributed by atoms with van der Waals surface area (Å²) in [6, 6.07) is 4.17. The molecule has 1 nitrogen and oxygen atoms in total. The molecule has 0 spiro atoms. The molecule has 0 aliphatic carbocycles. The van der Waals surface area contributed by atoms with E-state index in [1.807, 2.05) is 0 Å². The number of halogens is 5. The van der Waals surface area contributed by atoms with Crippen LogP contribution >= 0.6 is 11.8 Å². The molecule has 0 saturated heterocycles. The molecular formula is C9H4F5NS. The van der Waals surface area contributed by atoms with Gasteiger partial charge in [-0.05, 0) is 23.9 Å². The van der Waals surface area contributed by atoms with Crippen LogP contribution in [0.15, 0.2) is 29.2 Å². The van der Waals surface area contributed by atoms with Gasteiger partial charge in [0.05, 0.1) is 0 Å². The van der Waals surface area contributed by atoms with Gasteiger partial charge in [0.15, 0.2) is 0 Å². The van der Waals surface area contributed by atoms with Gasteiger partial charge in [-0.25, -0.2) is 0 Å². The molecule has 0 bridgehead atoms. The third kappa shape index (κ3) is 3.38. The van der Waals surface area contributed by atoms with Crippen LogP contribution in [0.5, 0.6) is 0 Å². The fourth-order valence-corrected chi connectivity index (χ4v) is 1.47. The highest BCUT2D eigenvalue weighted by Crippen LogP contribution is 2.37. The molecule has 1 rings (SSSR count). The predicted molar refractivity (Wildman–Crippen MR) is 47.9 cm³/mol. The van der Waals surface area contributed by atoms with Gasteiger partial charge >= 0.3 is 11.4 Å². The highest BCUT2D eigenvalue weighted by Gasteiger charge is 2.32. The molecule has 16 heavy (non-hydrogen) atoms. The van der Waals surface area contributed by atoms with Crippen LogP contribution in [0, 0.1) is 11.3 Å². The first kappa shape index (κ1) is 12.8. The molecular weight excluding hydrogens is 249 g/mol. The second-order valence-corrected chi connectivity index (χ2v) is 3.90. The fraction of sp³-hybridized carbons (Fsp3) is 0.222. The maximum absolute atomic E-state index is 12.8. The first-order valence-electron chi connectivity index (χ1n) is 3.90. The van der Waals surface area contributed by atoms with E-state index in [9.17, 15) is 22.0 Å². The first-order chi connectivity index (χ1) is 7.24. The van der Waals surface area contributed by atoms with E-state index in [-0.39, 0.29) is 4.90 Å². The van der Waals surface area contributed by atoms with Crippen LogP contribution in [-0.2, 0) is 5.92 Å². The lowest BCUT2D eigenvalue weighted by Gasteiger charge is -2.09. The maximum atomic E-state index is 12.8.